The van der Waals surface area contributed by atoms with Gasteiger partial charge in [0, 0.05) is 36.5 Å². The van der Waals surface area contributed by atoms with Crippen molar-refractivity contribution in [3.63, 3.8) is 0 Å². The average molecular weight is 588 g/mol. The van der Waals surface area contributed by atoms with Gasteiger partial charge in [0.2, 0.25) is 5.90 Å². The highest BCUT2D eigenvalue weighted by atomic mass is 16.5. The zero-order chi connectivity index (χ0) is 30.7. The van der Waals surface area contributed by atoms with E-state index in [4.69, 9.17) is 34.6 Å². The molecule has 0 saturated carbocycles. The van der Waals surface area contributed by atoms with Gasteiger partial charge in [-0.3, -0.25) is 4.79 Å². The summed E-state index contributed by atoms with van der Waals surface area (Å²) in [6.07, 6.45) is 0.699. The first kappa shape index (κ1) is 31.2. The average Bonchev–Trinajstić information content (AvgIpc) is 3.37. The number of amides is 1. The third-order valence-corrected chi connectivity index (χ3v) is 7.38. The van der Waals surface area contributed by atoms with Crippen LogP contribution in [0.2, 0.25) is 0 Å². The molecule has 0 fully saturated rings. The van der Waals surface area contributed by atoms with Crippen LogP contribution in [0.5, 0.6) is 17.2 Å². The molecule has 11 nitrogen and oxygen atoms in total. The molecular formula is C32H37N5O6. The Labute approximate surface area is 251 Å². The van der Waals surface area contributed by atoms with E-state index in [9.17, 15) is 4.79 Å². The Morgan fingerprint density at radius 2 is 1.81 bits per heavy atom. The number of hydrogen-bond donors (Lipinski definition) is 2. The first-order chi connectivity index (χ1) is 20.9. The number of methoxy groups -OCH3 is 2. The van der Waals surface area contributed by atoms with E-state index in [1.807, 2.05) is 61.5 Å². The van der Waals surface area contributed by atoms with Crippen molar-refractivity contribution >= 4 is 11.8 Å². The second kappa shape index (κ2) is 14.9. The smallest absolute Gasteiger partial charge is 0.252 e. The maximum Gasteiger partial charge on any atom is 0.252 e. The van der Waals surface area contributed by atoms with Crippen molar-refractivity contribution in [2.45, 2.75) is 44.4 Å². The molecular weight excluding hydrogens is 550 g/mol. The highest BCUT2D eigenvalue weighted by Gasteiger charge is 2.50. The van der Waals surface area contributed by atoms with Crippen molar-refractivity contribution in [3.05, 3.63) is 99.4 Å². The predicted molar refractivity (Wildman–Crippen MR) is 163 cm³/mol. The van der Waals surface area contributed by atoms with Crippen molar-refractivity contribution in [1.29, 1.82) is 0 Å². The first-order valence-electron chi connectivity index (χ1n) is 14.1. The largest absolute Gasteiger partial charge is 0.497 e. The Kier molecular flexibility index (Phi) is 10.9. The van der Waals surface area contributed by atoms with Gasteiger partial charge in [-0.15, -0.1) is 0 Å². The second-order valence-corrected chi connectivity index (χ2v) is 10.1. The van der Waals surface area contributed by atoms with Crippen LogP contribution in [0.4, 0.5) is 0 Å². The van der Waals surface area contributed by atoms with E-state index in [1.165, 1.54) is 0 Å². The van der Waals surface area contributed by atoms with Crippen LogP contribution < -0.4 is 19.5 Å². The van der Waals surface area contributed by atoms with E-state index >= 15 is 0 Å². The second-order valence-electron chi connectivity index (χ2n) is 10.1. The van der Waals surface area contributed by atoms with Gasteiger partial charge in [0.05, 0.1) is 27.4 Å². The molecule has 3 aromatic carbocycles. The maximum absolute atomic E-state index is 14.1. The van der Waals surface area contributed by atoms with Crippen LogP contribution in [-0.2, 0) is 28.9 Å². The number of nitrogens with one attached hydrogen (secondary N) is 1. The third-order valence-electron chi connectivity index (χ3n) is 7.38. The lowest BCUT2D eigenvalue weighted by atomic mass is 9.84. The number of aliphatic hydroxyl groups is 1. The van der Waals surface area contributed by atoms with Gasteiger partial charge in [-0.25, -0.2) is 4.99 Å². The van der Waals surface area contributed by atoms with E-state index in [2.05, 4.69) is 15.3 Å². The summed E-state index contributed by atoms with van der Waals surface area (Å²) in [5.74, 6) is 2.14. The van der Waals surface area contributed by atoms with Crippen molar-refractivity contribution in [3.8, 4) is 17.2 Å². The molecule has 1 heterocycles. The minimum atomic E-state index is -1.28. The molecule has 0 radical (unpaired) electrons. The van der Waals surface area contributed by atoms with Gasteiger partial charge < -0.3 is 29.4 Å². The maximum atomic E-state index is 14.1. The lowest BCUT2D eigenvalue weighted by Crippen LogP contribution is -2.53. The summed E-state index contributed by atoms with van der Waals surface area (Å²) in [6.45, 7) is 2.80. The molecule has 1 aliphatic rings. The van der Waals surface area contributed by atoms with Crippen LogP contribution in [0.3, 0.4) is 0 Å². The van der Waals surface area contributed by atoms with Crippen molar-refractivity contribution in [2.24, 2.45) is 10.1 Å². The minimum absolute atomic E-state index is 0.0594. The molecule has 3 aromatic rings. The number of ether oxygens (including phenoxy) is 4. The topological polar surface area (TPSA) is 147 Å². The fourth-order valence-corrected chi connectivity index (χ4v) is 4.97. The van der Waals surface area contributed by atoms with E-state index in [-0.39, 0.29) is 25.5 Å². The zero-order valence-electron chi connectivity index (χ0n) is 24.7. The fraction of sp³-hybridized carbons (Fsp3) is 0.375. The summed E-state index contributed by atoms with van der Waals surface area (Å²) in [7, 11) is 3.21. The number of benzene rings is 3. The van der Waals surface area contributed by atoms with Gasteiger partial charge in [0.1, 0.15) is 23.4 Å². The number of aliphatic imine (C=N–C) groups is 1. The quantitative estimate of drug-likeness (QED) is 0.113. The number of carbonyl (C=O) groups excluding carboxylic acids is 1. The summed E-state index contributed by atoms with van der Waals surface area (Å²) >= 11 is 0. The summed E-state index contributed by atoms with van der Waals surface area (Å²) in [6, 6.07) is 20.4. The highest BCUT2D eigenvalue weighted by molar-refractivity contribution is 6.01. The Balaban J connectivity index is 1.62. The predicted octanol–water partition coefficient (Wildman–Crippen LogP) is 4.78. The number of aliphatic hydroxyl groups excluding tert-OH is 1. The molecule has 43 heavy (non-hydrogen) atoms. The number of hydrogen-bond acceptors (Lipinski definition) is 8. The monoisotopic (exact) mass is 587 g/mol. The van der Waals surface area contributed by atoms with Crippen LogP contribution in [0, 0.1) is 0 Å². The van der Waals surface area contributed by atoms with Crippen LogP contribution in [0.25, 0.3) is 10.4 Å². The van der Waals surface area contributed by atoms with Crippen LogP contribution in [-0.4, -0.2) is 62.5 Å². The Hall–Kier alpha value is -4.73. The van der Waals surface area contributed by atoms with Gasteiger partial charge in [0.25, 0.3) is 5.91 Å². The molecule has 1 amide bonds. The van der Waals surface area contributed by atoms with Gasteiger partial charge >= 0.3 is 0 Å². The Morgan fingerprint density at radius 1 is 1.07 bits per heavy atom. The molecule has 0 unspecified atom stereocenters. The molecule has 0 aromatic heterocycles. The van der Waals surface area contributed by atoms with Crippen molar-refractivity contribution in [2.75, 3.05) is 34.0 Å². The summed E-state index contributed by atoms with van der Waals surface area (Å²) < 4.78 is 22.7. The van der Waals surface area contributed by atoms with E-state index in [1.54, 1.807) is 26.4 Å². The van der Waals surface area contributed by atoms with Crippen molar-refractivity contribution < 1.29 is 28.8 Å². The van der Waals surface area contributed by atoms with Crippen molar-refractivity contribution in [1.82, 2.24) is 5.32 Å². The fourth-order valence-electron chi connectivity index (χ4n) is 4.97. The van der Waals surface area contributed by atoms with E-state index < -0.39 is 11.6 Å². The van der Waals surface area contributed by atoms with Gasteiger partial charge in [-0.05, 0) is 78.0 Å². The van der Waals surface area contributed by atoms with Gasteiger partial charge in [-0.1, -0.05) is 29.4 Å². The molecule has 0 saturated heterocycles. The molecule has 0 aliphatic carbocycles. The van der Waals surface area contributed by atoms with Gasteiger partial charge in [0.15, 0.2) is 5.54 Å². The summed E-state index contributed by atoms with van der Waals surface area (Å²) in [5, 5.41) is 15.8. The number of rotatable bonds is 15. The standard InChI is InChI=1S/C32H37N5O6/c1-22-32(20-25-7-4-5-8-26(25)21-35-37-33,31(39)34-16-15-24-19-28(40-2)13-14-29(24)41-3)36-30(43-22)23-9-11-27(12-10-23)42-18-6-17-38/h4-5,7-14,19,22,38H,6,15-18,20-21H2,1-3H3,(H,34,39)/t22-,32-/m1/s1. The molecule has 11 heteroatoms. The van der Waals surface area contributed by atoms with E-state index in [0.29, 0.717) is 54.7 Å². The molecule has 2 N–H and O–H groups in total. The SMILES string of the molecule is COc1ccc(OC)c(CCNC(=O)[C@]2(Cc3ccccc3CN=[N+]=[N-])N=C(c3ccc(OCCCO)cc3)O[C@@H]2C)c1. The Bertz CT molecular complexity index is 1470. The molecule has 2 atom stereocenters. The highest BCUT2D eigenvalue weighted by Crippen LogP contribution is 2.34. The first-order valence-corrected chi connectivity index (χ1v) is 14.1. The van der Waals surface area contributed by atoms with Gasteiger partial charge in [-0.2, -0.15) is 0 Å². The number of carbonyl (C=O) groups is 1. The molecule has 1 aliphatic heterocycles. The van der Waals surface area contributed by atoms with Crippen LogP contribution in [0.15, 0.2) is 76.8 Å². The number of nitrogens with zero attached hydrogens (tertiary/aromatic N) is 4. The summed E-state index contributed by atoms with van der Waals surface area (Å²) in [5.41, 5.74) is 10.9. The zero-order valence-corrected chi connectivity index (χ0v) is 24.7. The minimum Gasteiger partial charge on any atom is -0.497 e. The molecule has 0 spiro atoms. The van der Waals surface area contributed by atoms with Crippen LogP contribution >= 0.6 is 0 Å². The molecule has 0 bridgehead atoms. The molecule has 226 valence electrons. The molecule has 4 rings (SSSR count). The summed E-state index contributed by atoms with van der Waals surface area (Å²) in [4.78, 5) is 21.9. The number of azide groups is 1. The normalized spacial score (nSPS) is 17.3. The lowest BCUT2D eigenvalue weighted by molar-refractivity contribution is -0.128. The third kappa shape index (κ3) is 7.57. The van der Waals surface area contributed by atoms with Crippen LogP contribution in [0.1, 0.15) is 35.6 Å². The lowest BCUT2D eigenvalue weighted by Gasteiger charge is -2.29. The Morgan fingerprint density at radius 3 is 2.51 bits per heavy atom. The van der Waals surface area contributed by atoms with E-state index in [0.717, 1.165) is 16.7 Å².